The fraction of sp³-hybridized carbons (Fsp3) is 1.00. The van der Waals surface area contributed by atoms with E-state index in [-0.39, 0.29) is 0 Å². The second-order valence-corrected chi connectivity index (χ2v) is 5.23. The molecule has 1 unspecified atom stereocenters. The zero-order chi connectivity index (χ0) is 11.1. The Labute approximate surface area is 95.4 Å². The quantitative estimate of drug-likeness (QED) is 0.697. The second kappa shape index (κ2) is 7.24. The van der Waals surface area contributed by atoms with E-state index in [4.69, 9.17) is 0 Å². The van der Waals surface area contributed by atoms with Crippen LogP contribution in [-0.2, 0) is 0 Å². The van der Waals surface area contributed by atoms with Crippen molar-refractivity contribution in [3.63, 3.8) is 0 Å². The van der Waals surface area contributed by atoms with E-state index in [0.717, 1.165) is 18.5 Å². The molecule has 0 saturated heterocycles. The molecule has 1 aliphatic rings. The zero-order valence-corrected chi connectivity index (χ0v) is 10.8. The Bertz CT molecular complexity index is 151. The number of hydrogen-bond acceptors (Lipinski definition) is 2. The zero-order valence-electron chi connectivity index (χ0n) is 10.8. The van der Waals surface area contributed by atoms with Crippen LogP contribution in [-0.4, -0.2) is 38.1 Å². The van der Waals surface area contributed by atoms with E-state index in [9.17, 15) is 0 Å². The van der Waals surface area contributed by atoms with Crippen molar-refractivity contribution in [3.8, 4) is 0 Å². The third-order valence-electron chi connectivity index (χ3n) is 3.51. The van der Waals surface area contributed by atoms with Crippen LogP contribution in [0.5, 0.6) is 0 Å². The monoisotopic (exact) mass is 212 g/mol. The predicted molar refractivity (Wildman–Crippen MR) is 67.2 cm³/mol. The van der Waals surface area contributed by atoms with Crippen LogP contribution in [0.15, 0.2) is 0 Å². The Balaban J connectivity index is 2.22. The van der Waals surface area contributed by atoms with Crippen LogP contribution in [0.1, 0.15) is 45.4 Å². The summed E-state index contributed by atoms with van der Waals surface area (Å²) in [6, 6.07) is 0.750. The van der Waals surface area contributed by atoms with Gasteiger partial charge in [0.1, 0.15) is 0 Å². The summed E-state index contributed by atoms with van der Waals surface area (Å²) in [5.74, 6) is 1.01. The van der Waals surface area contributed by atoms with Crippen molar-refractivity contribution >= 4 is 0 Å². The predicted octanol–water partition coefficient (Wildman–Crippen LogP) is 2.50. The Morgan fingerprint density at radius 1 is 1.27 bits per heavy atom. The van der Waals surface area contributed by atoms with Gasteiger partial charge in [0.25, 0.3) is 0 Å². The van der Waals surface area contributed by atoms with Crippen molar-refractivity contribution in [1.82, 2.24) is 10.2 Å². The molecule has 0 bridgehead atoms. The molecule has 1 fully saturated rings. The summed E-state index contributed by atoms with van der Waals surface area (Å²) >= 11 is 0. The summed E-state index contributed by atoms with van der Waals surface area (Å²) in [6.45, 7) is 4.55. The molecule has 1 N–H and O–H groups in total. The van der Waals surface area contributed by atoms with Crippen LogP contribution < -0.4 is 5.32 Å². The number of hydrogen-bond donors (Lipinski definition) is 1. The molecule has 0 radical (unpaired) electrons. The largest absolute Gasteiger partial charge is 0.314 e. The van der Waals surface area contributed by atoms with Crippen molar-refractivity contribution in [2.45, 2.75) is 51.5 Å². The molecule has 0 heterocycles. The molecular formula is C13H28N2. The van der Waals surface area contributed by atoms with Crippen LogP contribution in [0.3, 0.4) is 0 Å². The molecule has 1 aliphatic carbocycles. The molecule has 15 heavy (non-hydrogen) atoms. The van der Waals surface area contributed by atoms with Gasteiger partial charge in [0, 0.05) is 6.04 Å². The average Bonchev–Trinajstić information content (AvgIpc) is 2.67. The molecule has 90 valence electrons. The van der Waals surface area contributed by atoms with Crippen molar-refractivity contribution in [2.24, 2.45) is 5.92 Å². The SMILES string of the molecule is CCNC(CCN(C)C)CC1CCCC1. The lowest BCUT2D eigenvalue weighted by Gasteiger charge is -2.23. The molecular weight excluding hydrogens is 184 g/mol. The second-order valence-electron chi connectivity index (χ2n) is 5.23. The minimum Gasteiger partial charge on any atom is -0.314 e. The Hall–Kier alpha value is -0.0800. The van der Waals surface area contributed by atoms with Gasteiger partial charge in [-0.3, -0.25) is 0 Å². The molecule has 2 heteroatoms. The Morgan fingerprint density at radius 3 is 2.47 bits per heavy atom. The first kappa shape index (κ1) is 13.0. The van der Waals surface area contributed by atoms with Gasteiger partial charge in [-0.05, 0) is 45.9 Å². The summed E-state index contributed by atoms with van der Waals surface area (Å²) in [4.78, 5) is 2.29. The standard InChI is InChI=1S/C13H28N2/c1-4-14-13(9-10-15(2)3)11-12-7-5-6-8-12/h12-14H,4-11H2,1-3H3. The van der Waals surface area contributed by atoms with E-state index in [1.807, 2.05) is 0 Å². The molecule has 0 aromatic rings. The highest BCUT2D eigenvalue weighted by Crippen LogP contribution is 2.29. The van der Waals surface area contributed by atoms with Crippen LogP contribution in [0.4, 0.5) is 0 Å². The summed E-state index contributed by atoms with van der Waals surface area (Å²) in [6.07, 6.45) is 8.60. The fourth-order valence-corrected chi connectivity index (χ4v) is 2.65. The maximum absolute atomic E-state index is 3.64. The number of rotatable bonds is 7. The molecule has 1 rings (SSSR count). The van der Waals surface area contributed by atoms with Gasteiger partial charge in [-0.15, -0.1) is 0 Å². The van der Waals surface area contributed by atoms with E-state index in [1.165, 1.54) is 45.1 Å². The van der Waals surface area contributed by atoms with Gasteiger partial charge in [-0.2, -0.15) is 0 Å². The molecule has 0 spiro atoms. The summed E-state index contributed by atoms with van der Waals surface area (Å²) < 4.78 is 0. The van der Waals surface area contributed by atoms with Crippen molar-refractivity contribution < 1.29 is 0 Å². The van der Waals surface area contributed by atoms with Gasteiger partial charge < -0.3 is 10.2 Å². The molecule has 1 saturated carbocycles. The van der Waals surface area contributed by atoms with Gasteiger partial charge in [-0.1, -0.05) is 32.6 Å². The molecule has 0 amide bonds. The van der Waals surface area contributed by atoms with Crippen LogP contribution in [0, 0.1) is 5.92 Å². The van der Waals surface area contributed by atoms with E-state index in [2.05, 4.69) is 31.2 Å². The Kier molecular flexibility index (Phi) is 6.26. The lowest BCUT2D eigenvalue weighted by molar-refractivity contribution is 0.322. The minimum atomic E-state index is 0.750. The highest BCUT2D eigenvalue weighted by atomic mass is 15.1. The molecule has 0 aromatic heterocycles. The first-order chi connectivity index (χ1) is 7.22. The first-order valence-electron chi connectivity index (χ1n) is 6.60. The van der Waals surface area contributed by atoms with Crippen LogP contribution in [0.25, 0.3) is 0 Å². The highest BCUT2D eigenvalue weighted by Gasteiger charge is 2.19. The molecule has 0 aromatic carbocycles. The van der Waals surface area contributed by atoms with Gasteiger partial charge in [0.05, 0.1) is 0 Å². The van der Waals surface area contributed by atoms with Crippen LogP contribution >= 0.6 is 0 Å². The van der Waals surface area contributed by atoms with Crippen molar-refractivity contribution in [2.75, 3.05) is 27.2 Å². The van der Waals surface area contributed by atoms with E-state index >= 15 is 0 Å². The minimum absolute atomic E-state index is 0.750. The van der Waals surface area contributed by atoms with Crippen molar-refractivity contribution in [3.05, 3.63) is 0 Å². The molecule has 1 atom stereocenters. The number of nitrogens with one attached hydrogen (secondary N) is 1. The third kappa shape index (κ3) is 5.53. The first-order valence-corrected chi connectivity index (χ1v) is 6.60. The van der Waals surface area contributed by atoms with E-state index in [1.54, 1.807) is 0 Å². The van der Waals surface area contributed by atoms with Crippen LogP contribution in [0.2, 0.25) is 0 Å². The smallest absolute Gasteiger partial charge is 0.00817 e. The van der Waals surface area contributed by atoms with Gasteiger partial charge in [0.15, 0.2) is 0 Å². The molecule has 2 nitrogen and oxygen atoms in total. The van der Waals surface area contributed by atoms with Gasteiger partial charge >= 0.3 is 0 Å². The van der Waals surface area contributed by atoms with E-state index in [0.29, 0.717) is 0 Å². The Morgan fingerprint density at radius 2 is 1.93 bits per heavy atom. The summed E-state index contributed by atoms with van der Waals surface area (Å²) in [5.41, 5.74) is 0. The van der Waals surface area contributed by atoms with Gasteiger partial charge in [0.2, 0.25) is 0 Å². The fourth-order valence-electron chi connectivity index (χ4n) is 2.65. The summed E-state index contributed by atoms with van der Waals surface area (Å²) in [5, 5.41) is 3.64. The van der Waals surface area contributed by atoms with Crippen molar-refractivity contribution in [1.29, 1.82) is 0 Å². The maximum Gasteiger partial charge on any atom is 0.00817 e. The number of nitrogens with zero attached hydrogens (tertiary/aromatic N) is 1. The third-order valence-corrected chi connectivity index (χ3v) is 3.51. The normalized spacial score (nSPS) is 20.0. The summed E-state index contributed by atoms with van der Waals surface area (Å²) in [7, 11) is 4.33. The average molecular weight is 212 g/mol. The van der Waals surface area contributed by atoms with Gasteiger partial charge in [-0.25, -0.2) is 0 Å². The maximum atomic E-state index is 3.64. The van der Waals surface area contributed by atoms with E-state index < -0.39 is 0 Å². The topological polar surface area (TPSA) is 15.3 Å². The molecule has 0 aliphatic heterocycles. The highest BCUT2D eigenvalue weighted by molar-refractivity contribution is 4.76. The lowest BCUT2D eigenvalue weighted by atomic mass is 9.96. The lowest BCUT2D eigenvalue weighted by Crippen LogP contribution is -2.33.